The zero-order chi connectivity index (χ0) is 16.7. The zero-order valence-electron chi connectivity index (χ0n) is 14.5. The lowest BCUT2D eigenvalue weighted by Gasteiger charge is -2.48. The molecular weight excluding hydrogens is 300 g/mol. The van der Waals surface area contributed by atoms with Gasteiger partial charge in [-0.2, -0.15) is 0 Å². The van der Waals surface area contributed by atoms with E-state index >= 15 is 0 Å². The summed E-state index contributed by atoms with van der Waals surface area (Å²) in [6, 6.07) is 8.18. The summed E-state index contributed by atoms with van der Waals surface area (Å²) in [6.07, 6.45) is 5.11. The molecule has 0 aliphatic carbocycles. The predicted molar refractivity (Wildman–Crippen MR) is 94.2 cm³/mol. The number of piperidine rings is 3. The van der Waals surface area contributed by atoms with Crippen LogP contribution in [0.25, 0.3) is 10.9 Å². The number of hydrogen-bond donors (Lipinski definition) is 2. The smallest absolute Gasteiger partial charge is 0.131 e. The second-order valence-electron chi connectivity index (χ2n) is 7.40. The molecule has 3 aliphatic rings. The Labute approximate surface area is 143 Å². The molecule has 0 spiro atoms. The number of nitrogens with zero attached hydrogens (tertiary/aromatic N) is 1. The second kappa shape index (κ2) is 6.34. The molecule has 2 aromatic rings. The SMILES string of the molecule is CC[C@H]1C[NH+]2CC[C@@H]1C[C@H]2[C@H](O)c1ccnc2ccc(OC)cc12. The van der Waals surface area contributed by atoms with Crippen LogP contribution >= 0.6 is 0 Å². The van der Waals surface area contributed by atoms with Crippen LogP contribution < -0.4 is 9.64 Å². The average Bonchev–Trinajstić information content (AvgIpc) is 2.66. The monoisotopic (exact) mass is 327 g/mol. The van der Waals surface area contributed by atoms with Crippen LogP contribution in [0.2, 0.25) is 0 Å². The number of aliphatic hydroxyl groups is 1. The Bertz CT molecular complexity index is 733. The fourth-order valence-corrected chi connectivity index (χ4v) is 4.93. The van der Waals surface area contributed by atoms with Crippen LogP contribution in [0.4, 0.5) is 0 Å². The molecule has 2 N–H and O–H groups in total. The molecular formula is C20H27N2O2+. The van der Waals surface area contributed by atoms with Crippen molar-refractivity contribution in [3.8, 4) is 5.75 Å². The molecule has 4 nitrogen and oxygen atoms in total. The molecule has 1 unspecified atom stereocenters. The van der Waals surface area contributed by atoms with Gasteiger partial charge in [-0.15, -0.1) is 0 Å². The summed E-state index contributed by atoms with van der Waals surface area (Å²) in [5, 5.41) is 12.2. The number of rotatable bonds is 4. The Hall–Kier alpha value is -1.65. The third-order valence-corrected chi connectivity index (χ3v) is 6.31. The molecule has 128 valence electrons. The topological polar surface area (TPSA) is 46.8 Å². The highest BCUT2D eigenvalue weighted by atomic mass is 16.5. The molecule has 2 bridgehead atoms. The number of aromatic nitrogens is 1. The molecule has 5 atom stereocenters. The highest BCUT2D eigenvalue weighted by molar-refractivity contribution is 5.83. The fraction of sp³-hybridized carbons (Fsp3) is 0.550. The lowest BCUT2D eigenvalue weighted by atomic mass is 9.72. The van der Waals surface area contributed by atoms with Crippen molar-refractivity contribution >= 4 is 10.9 Å². The largest absolute Gasteiger partial charge is 0.497 e. The van der Waals surface area contributed by atoms with Crippen molar-refractivity contribution in [1.29, 1.82) is 0 Å². The Kier molecular flexibility index (Phi) is 4.19. The number of quaternary nitrogens is 1. The van der Waals surface area contributed by atoms with Crippen molar-refractivity contribution < 1.29 is 14.7 Å². The summed E-state index contributed by atoms with van der Waals surface area (Å²) >= 11 is 0. The predicted octanol–water partition coefficient (Wildman–Crippen LogP) is 1.98. The van der Waals surface area contributed by atoms with Crippen LogP contribution in [0, 0.1) is 11.8 Å². The highest BCUT2D eigenvalue weighted by Gasteiger charge is 2.46. The summed E-state index contributed by atoms with van der Waals surface area (Å²) in [5.41, 5.74) is 1.92. The van der Waals surface area contributed by atoms with E-state index in [-0.39, 0.29) is 0 Å². The number of fused-ring (bicyclic) bond motifs is 4. The van der Waals surface area contributed by atoms with Gasteiger partial charge < -0.3 is 14.7 Å². The molecule has 0 saturated carbocycles. The molecule has 3 fully saturated rings. The number of hydrogen-bond acceptors (Lipinski definition) is 3. The van der Waals surface area contributed by atoms with Gasteiger partial charge in [-0.3, -0.25) is 4.98 Å². The molecule has 24 heavy (non-hydrogen) atoms. The van der Waals surface area contributed by atoms with Gasteiger partial charge in [0.2, 0.25) is 0 Å². The molecule has 4 heteroatoms. The number of pyridine rings is 1. The van der Waals surface area contributed by atoms with Crippen LogP contribution in [0.5, 0.6) is 5.75 Å². The van der Waals surface area contributed by atoms with Crippen molar-refractivity contribution in [2.24, 2.45) is 11.8 Å². The maximum absolute atomic E-state index is 11.2. The first-order chi connectivity index (χ1) is 11.7. The Morgan fingerprint density at radius 1 is 1.38 bits per heavy atom. The molecule has 3 saturated heterocycles. The van der Waals surface area contributed by atoms with Gasteiger partial charge in [0.15, 0.2) is 0 Å². The zero-order valence-corrected chi connectivity index (χ0v) is 14.5. The van der Waals surface area contributed by atoms with Gasteiger partial charge in [-0.05, 0) is 42.2 Å². The molecule has 5 rings (SSSR count). The van der Waals surface area contributed by atoms with E-state index in [1.807, 2.05) is 30.5 Å². The van der Waals surface area contributed by atoms with Crippen molar-refractivity contribution in [2.75, 3.05) is 20.2 Å². The first kappa shape index (κ1) is 15.9. The minimum Gasteiger partial charge on any atom is -0.497 e. The van der Waals surface area contributed by atoms with E-state index in [1.54, 1.807) is 12.0 Å². The van der Waals surface area contributed by atoms with Crippen molar-refractivity contribution in [2.45, 2.75) is 38.3 Å². The van der Waals surface area contributed by atoms with Crippen LogP contribution in [-0.2, 0) is 0 Å². The lowest BCUT2D eigenvalue weighted by molar-refractivity contribution is -0.950. The summed E-state index contributed by atoms with van der Waals surface area (Å²) in [5.74, 6) is 2.44. The van der Waals surface area contributed by atoms with Crippen LogP contribution in [0.3, 0.4) is 0 Å². The standard InChI is InChI=1S/C20H26N2O2/c1-3-13-12-22-9-7-14(13)10-19(22)20(23)16-6-8-21-18-5-4-15(24-2)11-17(16)18/h4-6,8,11,13-14,19-20,23H,3,7,9-10,12H2,1-2H3/p+1/t13-,14+,19-,20+/m0/s1. The van der Waals surface area contributed by atoms with Crippen LogP contribution in [-0.4, -0.2) is 36.3 Å². The maximum Gasteiger partial charge on any atom is 0.131 e. The summed E-state index contributed by atoms with van der Waals surface area (Å²) < 4.78 is 5.37. The van der Waals surface area contributed by atoms with Gasteiger partial charge in [0.25, 0.3) is 0 Å². The molecule has 0 amide bonds. The molecule has 4 heterocycles. The van der Waals surface area contributed by atoms with Gasteiger partial charge >= 0.3 is 0 Å². The molecule has 3 aliphatic heterocycles. The summed E-state index contributed by atoms with van der Waals surface area (Å²) in [4.78, 5) is 6.03. The first-order valence-corrected chi connectivity index (χ1v) is 9.16. The number of benzene rings is 1. The quantitative estimate of drug-likeness (QED) is 0.903. The van der Waals surface area contributed by atoms with Gasteiger partial charge in [-0.1, -0.05) is 6.92 Å². The number of nitrogens with one attached hydrogen (secondary N) is 1. The molecule has 0 radical (unpaired) electrons. The highest BCUT2D eigenvalue weighted by Crippen LogP contribution is 2.35. The van der Waals surface area contributed by atoms with E-state index in [0.29, 0.717) is 6.04 Å². The Morgan fingerprint density at radius 3 is 2.96 bits per heavy atom. The number of ether oxygens (including phenoxy) is 1. The van der Waals surface area contributed by atoms with E-state index in [4.69, 9.17) is 4.74 Å². The minimum atomic E-state index is -0.432. The maximum atomic E-state index is 11.2. The van der Waals surface area contributed by atoms with Crippen molar-refractivity contribution in [1.82, 2.24) is 4.98 Å². The number of aliphatic hydroxyl groups excluding tert-OH is 1. The Morgan fingerprint density at radius 2 is 2.25 bits per heavy atom. The molecule has 1 aromatic heterocycles. The van der Waals surface area contributed by atoms with Gasteiger partial charge in [0.1, 0.15) is 17.9 Å². The number of methoxy groups -OCH3 is 1. The lowest BCUT2D eigenvalue weighted by Crippen LogP contribution is -3.20. The first-order valence-electron chi connectivity index (χ1n) is 9.16. The van der Waals surface area contributed by atoms with Gasteiger partial charge in [0, 0.05) is 30.3 Å². The van der Waals surface area contributed by atoms with Crippen LogP contribution in [0.15, 0.2) is 30.5 Å². The van der Waals surface area contributed by atoms with E-state index in [2.05, 4.69) is 11.9 Å². The van der Waals surface area contributed by atoms with E-state index in [9.17, 15) is 5.11 Å². The van der Waals surface area contributed by atoms with E-state index in [1.165, 1.54) is 25.9 Å². The van der Waals surface area contributed by atoms with Gasteiger partial charge in [-0.25, -0.2) is 0 Å². The van der Waals surface area contributed by atoms with Crippen molar-refractivity contribution in [3.63, 3.8) is 0 Å². The van der Waals surface area contributed by atoms with Crippen LogP contribution in [0.1, 0.15) is 37.9 Å². The summed E-state index contributed by atoms with van der Waals surface area (Å²) in [7, 11) is 1.68. The van der Waals surface area contributed by atoms with Gasteiger partial charge in [0.05, 0.1) is 25.7 Å². The third kappa shape index (κ3) is 2.58. The third-order valence-electron chi connectivity index (χ3n) is 6.31. The molecule has 1 aromatic carbocycles. The second-order valence-corrected chi connectivity index (χ2v) is 7.40. The average molecular weight is 327 g/mol. The van der Waals surface area contributed by atoms with E-state index in [0.717, 1.165) is 40.5 Å². The fourth-order valence-electron chi connectivity index (χ4n) is 4.93. The van der Waals surface area contributed by atoms with E-state index < -0.39 is 6.10 Å². The summed E-state index contributed by atoms with van der Waals surface area (Å²) in [6.45, 7) is 4.73. The van der Waals surface area contributed by atoms with Crippen molar-refractivity contribution in [3.05, 3.63) is 36.0 Å². The minimum absolute atomic E-state index is 0.309. The Balaban J connectivity index is 1.68. The normalized spacial score (nSPS) is 30.5.